The maximum Gasteiger partial charge on any atom is 0.0944 e. The highest BCUT2D eigenvalue weighted by Crippen LogP contribution is 2.41. The normalized spacial score (nSPS) is 17.9. The largest absolute Gasteiger partial charge is 0.316 e. The lowest BCUT2D eigenvalue weighted by atomic mass is 9.83. The van der Waals surface area contributed by atoms with E-state index in [1.165, 1.54) is 47.3 Å². The third kappa shape index (κ3) is 3.04. The monoisotopic (exact) mass is 288 g/mol. The number of nitrogens with zero attached hydrogens (tertiary/aromatic N) is 1. The molecule has 0 unspecified atom stereocenters. The molecule has 2 aromatic rings. The summed E-state index contributed by atoms with van der Waals surface area (Å²) >= 11 is 1.88. The average Bonchev–Trinajstić information content (AvgIpc) is 3.06. The fourth-order valence-electron chi connectivity index (χ4n) is 3.39. The van der Waals surface area contributed by atoms with Gasteiger partial charge in [0.2, 0.25) is 0 Å². The van der Waals surface area contributed by atoms with Crippen molar-refractivity contribution >= 4 is 21.6 Å². The van der Waals surface area contributed by atoms with Crippen molar-refractivity contribution in [2.24, 2.45) is 5.41 Å². The van der Waals surface area contributed by atoms with E-state index in [0.29, 0.717) is 5.41 Å². The molecule has 1 aliphatic carbocycles. The van der Waals surface area contributed by atoms with Gasteiger partial charge in [0, 0.05) is 13.0 Å². The Kier molecular flexibility index (Phi) is 4.37. The molecule has 3 rings (SSSR count). The van der Waals surface area contributed by atoms with Gasteiger partial charge < -0.3 is 5.32 Å². The van der Waals surface area contributed by atoms with E-state index in [1.807, 2.05) is 11.3 Å². The van der Waals surface area contributed by atoms with Crippen LogP contribution in [0.4, 0.5) is 0 Å². The molecule has 1 saturated carbocycles. The van der Waals surface area contributed by atoms with Crippen LogP contribution in [-0.2, 0) is 6.42 Å². The fourth-order valence-corrected chi connectivity index (χ4v) is 4.53. The summed E-state index contributed by atoms with van der Waals surface area (Å²) < 4.78 is 1.33. The molecule has 0 saturated heterocycles. The summed E-state index contributed by atoms with van der Waals surface area (Å²) in [7, 11) is 0. The van der Waals surface area contributed by atoms with Crippen molar-refractivity contribution in [3.63, 3.8) is 0 Å². The third-order valence-electron chi connectivity index (χ3n) is 4.46. The Bertz CT molecular complexity index is 522. The van der Waals surface area contributed by atoms with Gasteiger partial charge in [-0.15, -0.1) is 11.3 Å². The number of hydrogen-bond donors (Lipinski definition) is 1. The van der Waals surface area contributed by atoms with Gasteiger partial charge in [0.15, 0.2) is 0 Å². The Morgan fingerprint density at radius 2 is 2.05 bits per heavy atom. The zero-order chi connectivity index (χ0) is 13.8. The molecule has 1 heterocycles. The van der Waals surface area contributed by atoms with Crippen LogP contribution in [0.5, 0.6) is 0 Å². The number of rotatable bonds is 6. The Morgan fingerprint density at radius 1 is 1.25 bits per heavy atom. The first-order chi connectivity index (χ1) is 9.81. The van der Waals surface area contributed by atoms with Crippen LogP contribution in [0.15, 0.2) is 24.3 Å². The fraction of sp³-hybridized carbons (Fsp3) is 0.588. The van der Waals surface area contributed by atoms with Gasteiger partial charge in [-0.05, 0) is 43.4 Å². The van der Waals surface area contributed by atoms with E-state index in [2.05, 4.69) is 36.5 Å². The summed E-state index contributed by atoms with van der Waals surface area (Å²) in [5.41, 5.74) is 1.63. The number of benzene rings is 1. The van der Waals surface area contributed by atoms with Crippen LogP contribution in [0.2, 0.25) is 0 Å². The quantitative estimate of drug-likeness (QED) is 0.797. The Labute approximate surface area is 125 Å². The molecule has 1 fully saturated rings. The second kappa shape index (κ2) is 6.23. The van der Waals surface area contributed by atoms with Gasteiger partial charge in [-0.25, -0.2) is 4.98 Å². The van der Waals surface area contributed by atoms with E-state index in [0.717, 1.165) is 19.5 Å². The molecule has 0 aliphatic heterocycles. The van der Waals surface area contributed by atoms with Crippen LogP contribution in [0.3, 0.4) is 0 Å². The Balaban J connectivity index is 1.75. The molecule has 1 aromatic heterocycles. The standard InChI is InChI=1S/C17H24N2S/c1-2-11-18-13-17(9-5-6-10-17)12-16-19-14-7-3-4-8-15(14)20-16/h3-4,7-8,18H,2,5-6,9-13H2,1H3. The maximum absolute atomic E-state index is 4.84. The zero-order valence-corrected chi connectivity index (χ0v) is 13.1. The van der Waals surface area contributed by atoms with Crippen LogP contribution < -0.4 is 5.32 Å². The van der Waals surface area contributed by atoms with E-state index in [1.54, 1.807) is 0 Å². The topological polar surface area (TPSA) is 24.9 Å². The number of thiazole rings is 1. The van der Waals surface area contributed by atoms with Gasteiger partial charge in [-0.1, -0.05) is 31.9 Å². The van der Waals surface area contributed by atoms with Crippen molar-refractivity contribution in [2.45, 2.75) is 45.4 Å². The minimum absolute atomic E-state index is 0.461. The summed E-state index contributed by atoms with van der Waals surface area (Å²) in [5, 5.41) is 4.97. The van der Waals surface area contributed by atoms with Crippen molar-refractivity contribution in [3.8, 4) is 0 Å². The number of aromatic nitrogens is 1. The van der Waals surface area contributed by atoms with Crippen molar-refractivity contribution in [3.05, 3.63) is 29.3 Å². The van der Waals surface area contributed by atoms with E-state index >= 15 is 0 Å². The van der Waals surface area contributed by atoms with Gasteiger partial charge >= 0.3 is 0 Å². The highest BCUT2D eigenvalue weighted by atomic mass is 32.1. The number of fused-ring (bicyclic) bond motifs is 1. The molecule has 0 atom stereocenters. The molecular weight excluding hydrogens is 264 g/mol. The lowest BCUT2D eigenvalue weighted by molar-refractivity contribution is 0.278. The van der Waals surface area contributed by atoms with Crippen LogP contribution in [-0.4, -0.2) is 18.1 Å². The molecule has 1 N–H and O–H groups in total. The summed E-state index contributed by atoms with van der Waals surface area (Å²) in [4.78, 5) is 4.84. The molecule has 2 nitrogen and oxygen atoms in total. The SMILES string of the molecule is CCCNCC1(Cc2nc3ccccc3s2)CCCC1. The molecule has 0 radical (unpaired) electrons. The van der Waals surface area contributed by atoms with Crippen LogP contribution in [0.1, 0.15) is 44.0 Å². The van der Waals surface area contributed by atoms with Gasteiger partial charge in [0.25, 0.3) is 0 Å². The number of hydrogen-bond acceptors (Lipinski definition) is 3. The lowest BCUT2D eigenvalue weighted by Crippen LogP contribution is -2.34. The minimum atomic E-state index is 0.461. The summed E-state index contributed by atoms with van der Waals surface area (Å²) in [6, 6.07) is 8.51. The van der Waals surface area contributed by atoms with E-state index in [-0.39, 0.29) is 0 Å². The molecule has 0 spiro atoms. The predicted octanol–water partition coefficient (Wildman–Crippen LogP) is 4.40. The molecule has 0 amide bonds. The Hall–Kier alpha value is -0.930. The van der Waals surface area contributed by atoms with E-state index < -0.39 is 0 Å². The first-order valence-electron chi connectivity index (χ1n) is 7.86. The zero-order valence-electron chi connectivity index (χ0n) is 12.3. The van der Waals surface area contributed by atoms with E-state index in [4.69, 9.17) is 4.98 Å². The molecular formula is C17H24N2S. The third-order valence-corrected chi connectivity index (χ3v) is 5.49. The van der Waals surface area contributed by atoms with Crippen molar-refractivity contribution in [2.75, 3.05) is 13.1 Å². The molecule has 108 valence electrons. The number of nitrogens with one attached hydrogen (secondary N) is 1. The molecule has 20 heavy (non-hydrogen) atoms. The number of para-hydroxylation sites is 1. The van der Waals surface area contributed by atoms with E-state index in [9.17, 15) is 0 Å². The van der Waals surface area contributed by atoms with Crippen LogP contribution in [0.25, 0.3) is 10.2 Å². The summed E-state index contributed by atoms with van der Waals surface area (Å²) in [6.07, 6.45) is 7.87. The maximum atomic E-state index is 4.84. The first-order valence-corrected chi connectivity index (χ1v) is 8.68. The molecule has 1 aromatic carbocycles. The second-order valence-corrected chi connectivity index (χ2v) is 7.25. The van der Waals surface area contributed by atoms with Gasteiger partial charge in [0.05, 0.1) is 15.2 Å². The van der Waals surface area contributed by atoms with Crippen molar-refractivity contribution < 1.29 is 0 Å². The summed E-state index contributed by atoms with van der Waals surface area (Å²) in [5.74, 6) is 0. The van der Waals surface area contributed by atoms with Crippen molar-refractivity contribution in [1.82, 2.24) is 10.3 Å². The smallest absolute Gasteiger partial charge is 0.0944 e. The average molecular weight is 288 g/mol. The second-order valence-electron chi connectivity index (χ2n) is 6.14. The predicted molar refractivity (Wildman–Crippen MR) is 87.4 cm³/mol. The molecule has 1 aliphatic rings. The van der Waals surface area contributed by atoms with Gasteiger partial charge in [-0.3, -0.25) is 0 Å². The van der Waals surface area contributed by atoms with Gasteiger partial charge in [-0.2, -0.15) is 0 Å². The lowest BCUT2D eigenvalue weighted by Gasteiger charge is -2.28. The minimum Gasteiger partial charge on any atom is -0.316 e. The van der Waals surface area contributed by atoms with Crippen LogP contribution in [0, 0.1) is 5.41 Å². The molecule has 3 heteroatoms. The van der Waals surface area contributed by atoms with Crippen LogP contribution >= 0.6 is 11.3 Å². The summed E-state index contributed by atoms with van der Waals surface area (Å²) in [6.45, 7) is 4.54. The van der Waals surface area contributed by atoms with Gasteiger partial charge in [0.1, 0.15) is 0 Å². The highest BCUT2D eigenvalue weighted by molar-refractivity contribution is 7.18. The van der Waals surface area contributed by atoms with Crippen molar-refractivity contribution in [1.29, 1.82) is 0 Å². The first kappa shape index (κ1) is 14.0. The molecule has 0 bridgehead atoms. The highest BCUT2D eigenvalue weighted by Gasteiger charge is 2.34. The Morgan fingerprint density at radius 3 is 2.80 bits per heavy atom.